The smallest absolute Gasteiger partial charge is 0.349 e. The minimum Gasteiger partial charge on any atom is -0.349 e. The Morgan fingerprint density at radius 3 is 2.11 bits per heavy atom. The molecule has 0 bridgehead atoms. The van der Waals surface area contributed by atoms with Crippen LogP contribution < -0.4 is 5.32 Å². The third-order valence-electron chi connectivity index (χ3n) is 6.48. The van der Waals surface area contributed by atoms with Gasteiger partial charge in [-0.25, -0.2) is 9.07 Å². The molecule has 3 aromatic rings. The lowest BCUT2D eigenvalue weighted by Gasteiger charge is -2.31. The van der Waals surface area contributed by atoms with E-state index in [-0.39, 0.29) is 33.7 Å². The Bertz CT molecular complexity index is 1310. The zero-order valence-electron chi connectivity index (χ0n) is 19.6. The maximum atomic E-state index is 14.6. The van der Waals surface area contributed by atoms with Gasteiger partial charge in [-0.1, -0.05) is 23.7 Å². The van der Waals surface area contributed by atoms with E-state index in [1.54, 1.807) is 6.07 Å². The quantitative estimate of drug-likeness (QED) is 0.339. The second kappa shape index (κ2) is 9.34. The molecular weight excluding hydrogens is 527 g/mol. The van der Waals surface area contributed by atoms with E-state index in [2.05, 4.69) is 10.4 Å². The topological polar surface area (TPSA) is 46.9 Å². The first kappa shape index (κ1) is 27.0. The highest BCUT2D eigenvalue weighted by Crippen LogP contribution is 2.54. The van der Waals surface area contributed by atoms with E-state index < -0.39 is 23.6 Å². The summed E-state index contributed by atoms with van der Waals surface area (Å²) in [4.78, 5) is 12.6. The maximum Gasteiger partial charge on any atom is 0.435 e. The van der Waals surface area contributed by atoms with Crippen molar-refractivity contribution in [2.24, 2.45) is 0 Å². The number of hydrogen-bond donors (Lipinski definition) is 1. The Balaban J connectivity index is 1.69. The largest absolute Gasteiger partial charge is 0.435 e. The average Bonchev–Trinajstić information content (AvgIpc) is 3.23. The van der Waals surface area contributed by atoms with Crippen molar-refractivity contribution in [1.82, 2.24) is 15.1 Å². The number of nitrogens with one attached hydrogen (secondary N) is 1. The summed E-state index contributed by atoms with van der Waals surface area (Å²) in [7, 11) is 0. The van der Waals surface area contributed by atoms with Crippen LogP contribution in [0.2, 0.25) is 5.02 Å². The van der Waals surface area contributed by atoms with Crippen LogP contribution in [0.5, 0.6) is 0 Å². The summed E-state index contributed by atoms with van der Waals surface area (Å²) in [6.45, 7) is 2.59. The van der Waals surface area contributed by atoms with E-state index in [1.165, 1.54) is 43.1 Å². The Kier molecular flexibility index (Phi) is 6.81. The number of carbonyl (C=O) groups is 1. The van der Waals surface area contributed by atoms with Crippen molar-refractivity contribution < 1.29 is 35.5 Å². The van der Waals surface area contributed by atoms with Crippen molar-refractivity contribution in [3.05, 3.63) is 70.0 Å². The van der Waals surface area contributed by atoms with Crippen molar-refractivity contribution in [3.63, 3.8) is 0 Å². The highest BCUT2D eigenvalue weighted by Gasteiger charge is 2.73. The van der Waals surface area contributed by atoms with Crippen LogP contribution in [-0.4, -0.2) is 34.1 Å². The van der Waals surface area contributed by atoms with E-state index in [0.717, 1.165) is 19.3 Å². The van der Waals surface area contributed by atoms with Gasteiger partial charge in [0.2, 0.25) is 0 Å². The van der Waals surface area contributed by atoms with Gasteiger partial charge in [0.25, 0.3) is 5.91 Å². The van der Waals surface area contributed by atoms with Gasteiger partial charge in [-0.05, 0) is 68.0 Å². The Morgan fingerprint density at radius 1 is 1.00 bits per heavy atom. The molecule has 0 atom stereocenters. The zero-order valence-corrected chi connectivity index (χ0v) is 20.3. The number of hydrogen-bond acceptors (Lipinski definition) is 2. The Morgan fingerprint density at radius 2 is 1.59 bits per heavy atom. The van der Waals surface area contributed by atoms with Crippen LogP contribution in [0.1, 0.15) is 46.3 Å². The predicted molar refractivity (Wildman–Crippen MR) is 123 cm³/mol. The van der Waals surface area contributed by atoms with Crippen molar-refractivity contribution >= 4 is 17.5 Å². The molecule has 4 nitrogen and oxygen atoms in total. The fraction of sp³-hybridized carbons (Fsp3) is 0.360. The molecule has 1 fully saturated rings. The van der Waals surface area contributed by atoms with Gasteiger partial charge in [0.15, 0.2) is 0 Å². The van der Waals surface area contributed by atoms with Gasteiger partial charge >= 0.3 is 18.0 Å². The lowest BCUT2D eigenvalue weighted by Crippen LogP contribution is -2.50. The van der Waals surface area contributed by atoms with Gasteiger partial charge < -0.3 is 5.32 Å². The number of rotatable bonds is 5. The van der Waals surface area contributed by atoms with Crippen LogP contribution in [0.3, 0.4) is 0 Å². The summed E-state index contributed by atoms with van der Waals surface area (Å²) >= 11 is 6.20. The maximum absolute atomic E-state index is 14.6. The minimum atomic E-state index is -6.20. The number of nitrogens with zero attached hydrogens (tertiary/aromatic N) is 2. The number of aryl methyl sites for hydroxylation is 2. The minimum absolute atomic E-state index is 0.00162. The second-order valence-corrected chi connectivity index (χ2v) is 9.49. The van der Waals surface area contributed by atoms with Crippen molar-refractivity contribution in [1.29, 1.82) is 0 Å². The number of benzene rings is 2. The van der Waals surface area contributed by atoms with Crippen LogP contribution in [0.4, 0.5) is 30.7 Å². The fourth-order valence-corrected chi connectivity index (χ4v) is 4.55. The van der Waals surface area contributed by atoms with E-state index in [9.17, 15) is 35.5 Å². The lowest BCUT2D eigenvalue weighted by atomic mass is 9.87. The Labute approximate surface area is 212 Å². The van der Waals surface area contributed by atoms with Crippen molar-refractivity contribution in [2.45, 2.75) is 57.2 Å². The first-order valence-electron chi connectivity index (χ1n) is 11.2. The number of alkyl halides is 7. The summed E-state index contributed by atoms with van der Waals surface area (Å²) < 4.78 is 95.4. The molecule has 0 radical (unpaired) electrons. The molecule has 1 heterocycles. The predicted octanol–water partition coefficient (Wildman–Crippen LogP) is 7.38. The number of aromatic nitrogens is 2. The fourth-order valence-electron chi connectivity index (χ4n) is 4.34. The summed E-state index contributed by atoms with van der Waals surface area (Å²) in [5, 5.41) is 7.35. The average molecular weight is 548 g/mol. The third kappa shape index (κ3) is 4.81. The Hall–Kier alpha value is -3.08. The second-order valence-electron chi connectivity index (χ2n) is 9.08. The summed E-state index contributed by atoms with van der Waals surface area (Å²) in [6, 6.07) is 5.84. The van der Waals surface area contributed by atoms with Gasteiger partial charge in [-0.15, -0.1) is 0 Å². The molecule has 1 aromatic heterocycles. The summed E-state index contributed by atoms with van der Waals surface area (Å²) in [5.41, 5.74) is -5.68. The zero-order chi connectivity index (χ0) is 27.3. The van der Waals surface area contributed by atoms with Gasteiger partial charge in [0.1, 0.15) is 0 Å². The third-order valence-corrected chi connectivity index (χ3v) is 6.81. The molecule has 0 aliphatic heterocycles. The van der Waals surface area contributed by atoms with Crippen LogP contribution in [-0.2, 0) is 5.67 Å². The molecule has 1 saturated carbocycles. The molecule has 1 aliphatic rings. The molecule has 198 valence electrons. The number of amides is 1. The van der Waals surface area contributed by atoms with Crippen LogP contribution in [0.25, 0.3) is 16.8 Å². The van der Waals surface area contributed by atoms with Gasteiger partial charge in [0, 0.05) is 23.4 Å². The molecule has 1 amide bonds. The molecule has 0 spiro atoms. The first-order valence-corrected chi connectivity index (χ1v) is 11.6. The van der Waals surface area contributed by atoms with Crippen molar-refractivity contribution in [3.8, 4) is 16.8 Å². The molecule has 0 unspecified atom stereocenters. The normalized spacial score (nSPS) is 15.0. The molecule has 0 saturated heterocycles. The highest BCUT2D eigenvalue weighted by molar-refractivity contribution is 6.33. The van der Waals surface area contributed by atoms with Gasteiger partial charge in [0.05, 0.1) is 22.5 Å². The van der Waals surface area contributed by atoms with Gasteiger partial charge in [-0.3, -0.25) is 4.79 Å². The van der Waals surface area contributed by atoms with Crippen molar-refractivity contribution in [2.75, 3.05) is 0 Å². The number of carbonyl (C=O) groups excluding carboxylic acids is 1. The molecule has 4 rings (SSSR count). The molecule has 2 aromatic carbocycles. The highest BCUT2D eigenvalue weighted by atomic mass is 35.5. The molecule has 37 heavy (non-hydrogen) atoms. The summed E-state index contributed by atoms with van der Waals surface area (Å²) in [5.74, 6) is -0.338. The number of halogens is 8. The molecule has 1 N–H and O–H groups in total. The first-order chi connectivity index (χ1) is 17.1. The van der Waals surface area contributed by atoms with Gasteiger partial charge in [-0.2, -0.15) is 31.4 Å². The van der Waals surface area contributed by atoms with E-state index in [0.29, 0.717) is 28.9 Å². The molecule has 12 heteroatoms. The lowest BCUT2D eigenvalue weighted by molar-refractivity contribution is -0.348. The van der Waals surface area contributed by atoms with Crippen LogP contribution in [0.15, 0.2) is 42.7 Å². The summed E-state index contributed by atoms with van der Waals surface area (Å²) in [6.07, 6.45) is -6.72. The van der Waals surface area contributed by atoms with Crippen LogP contribution >= 0.6 is 11.6 Å². The van der Waals surface area contributed by atoms with E-state index in [4.69, 9.17) is 11.6 Å². The molecule has 1 aliphatic carbocycles. The molecular formula is C25H21ClF7N3O. The van der Waals surface area contributed by atoms with E-state index in [1.807, 2.05) is 0 Å². The van der Waals surface area contributed by atoms with E-state index >= 15 is 0 Å². The monoisotopic (exact) mass is 547 g/mol. The SMILES string of the molecule is Cc1cc(C(F)(C(F)(F)F)C(F)(F)F)cc(C)c1-c1cnn(-c2ccc(Cl)c(C(=O)NC3CCC3)c2)c1. The standard InChI is InChI=1S/C25H21ClF7N3O/c1-13-8-16(23(27,24(28,29)30)25(31,32)33)9-14(2)21(13)15-11-34-36(12-15)18-6-7-20(26)19(10-18)22(37)35-17-4-3-5-17/h6-12,17H,3-5H2,1-2H3,(H,35,37). The van der Waals surface area contributed by atoms with Crippen LogP contribution in [0, 0.1) is 13.8 Å².